The Bertz CT molecular complexity index is 564. The summed E-state index contributed by atoms with van der Waals surface area (Å²) >= 11 is 0. The van der Waals surface area contributed by atoms with Crippen LogP contribution in [0.1, 0.15) is 33.5 Å². The summed E-state index contributed by atoms with van der Waals surface area (Å²) in [6, 6.07) is 3.98. The van der Waals surface area contributed by atoms with Gasteiger partial charge in [0.25, 0.3) is 0 Å². The average Bonchev–Trinajstić information content (AvgIpc) is 2.71. The highest BCUT2D eigenvalue weighted by atomic mass is 15.4. The van der Waals surface area contributed by atoms with E-state index in [1.54, 1.807) is 4.52 Å². The molecule has 5 nitrogen and oxygen atoms in total. The van der Waals surface area contributed by atoms with E-state index in [1.165, 1.54) is 0 Å². The zero-order valence-electron chi connectivity index (χ0n) is 11.3. The van der Waals surface area contributed by atoms with E-state index in [1.807, 2.05) is 25.1 Å². The van der Waals surface area contributed by atoms with E-state index in [-0.39, 0.29) is 11.5 Å². The second-order valence-corrected chi connectivity index (χ2v) is 5.43. The zero-order valence-corrected chi connectivity index (χ0v) is 11.3. The summed E-state index contributed by atoms with van der Waals surface area (Å²) in [6.45, 7) is 12.1. The quantitative estimate of drug-likeness (QED) is 0.844. The zero-order chi connectivity index (χ0) is 13.3. The highest BCUT2D eigenvalue weighted by molar-refractivity contribution is 5.45. The lowest BCUT2D eigenvalue weighted by Crippen LogP contribution is -2.18. The number of hydrogen-bond acceptors (Lipinski definition) is 4. The van der Waals surface area contributed by atoms with E-state index in [4.69, 9.17) is 0 Å². The van der Waals surface area contributed by atoms with Gasteiger partial charge in [0.2, 0.25) is 0 Å². The molecule has 0 spiro atoms. The second-order valence-electron chi connectivity index (χ2n) is 5.43. The molecule has 0 amide bonds. The fraction of sp³-hybridized carbons (Fsp3) is 0.462. The first kappa shape index (κ1) is 12.5. The van der Waals surface area contributed by atoms with Crippen LogP contribution in [0.4, 0.5) is 5.82 Å². The van der Waals surface area contributed by atoms with Crippen molar-refractivity contribution in [2.24, 2.45) is 0 Å². The van der Waals surface area contributed by atoms with Crippen LogP contribution in [-0.4, -0.2) is 25.9 Å². The van der Waals surface area contributed by atoms with Gasteiger partial charge in [-0.25, -0.2) is 0 Å². The SMILES string of the molecule is C=CC(C)Nc1ccc2nnc(C(C)(C)C)n2n1. The maximum absolute atomic E-state index is 4.52. The third kappa shape index (κ3) is 2.34. The van der Waals surface area contributed by atoms with Crippen molar-refractivity contribution in [1.82, 2.24) is 19.8 Å². The topological polar surface area (TPSA) is 55.1 Å². The summed E-state index contributed by atoms with van der Waals surface area (Å²) in [5.41, 5.74) is 0.673. The van der Waals surface area contributed by atoms with Crippen LogP contribution in [-0.2, 0) is 5.41 Å². The molecular formula is C13H19N5. The van der Waals surface area contributed by atoms with Crippen LogP contribution in [0, 0.1) is 0 Å². The number of anilines is 1. The van der Waals surface area contributed by atoms with Crippen molar-refractivity contribution < 1.29 is 0 Å². The molecule has 96 valence electrons. The summed E-state index contributed by atoms with van der Waals surface area (Å²) in [7, 11) is 0. The Morgan fingerprint density at radius 2 is 2.06 bits per heavy atom. The van der Waals surface area contributed by atoms with Crippen LogP contribution < -0.4 is 5.32 Å². The Kier molecular flexibility index (Phi) is 3.07. The first-order valence-corrected chi connectivity index (χ1v) is 6.04. The van der Waals surface area contributed by atoms with Crippen molar-refractivity contribution in [3.63, 3.8) is 0 Å². The highest BCUT2D eigenvalue weighted by Crippen LogP contribution is 2.20. The van der Waals surface area contributed by atoms with Gasteiger partial charge in [-0.2, -0.15) is 4.52 Å². The van der Waals surface area contributed by atoms with Crippen molar-refractivity contribution in [2.75, 3.05) is 5.32 Å². The Balaban J connectivity index is 2.45. The number of aromatic nitrogens is 4. The van der Waals surface area contributed by atoms with E-state index in [9.17, 15) is 0 Å². The highest BCUT2D eigenvalue weighted by Gasteiger charge is 2.21. The summed E-state index contributed by atoms with van der Waals surface area (Å²) in [4.78, 5) is 0. The molecule has 5 heteroatoms. The van der Waals surface area contributed by atoms with Gasteiger partial charge in [-0.15, -0.1) is 21.9 Å². The molecule has 0 radical (unpaired) electrons. The maximum atomic E-state index is 4.52. The van der Waals surface area contributed by atoms with E-state index >= 15 is 0 Å². The standard InChI is InChI=1S/C13H19N5/c1-6-9(2)14-10-7-8-11-15-16-12(13(3,4)5)18(11)17-10/h6-9H,1H2,2-5H3,(H,14,17). The predicted octanol–water partition coefficient (Wildman–Crippen LogP) is 2.41. The van der Waals surface area contributed by atoms with Gasteiger partial charge in [0, 0.05) is 11.5 Å². The number of nitrogens with zero attached hydrogens (tertiary/aromatic N) is 4. The van der Waals surface area contributed by atoms with E-state index in [2.05, 4.69) is 48.0 Å². The molecule has 2 rings (SSSR count). The van der Waals surface area contributed by atoms with Crippen LogP contribution in [0.5, 0.6) is 0 Å². The molecule has 0 bridgehead atoms. The number of nitrogens with one attached hydrogen (secondary N) is 1. The van der Waals surface area contributed by atoms with Crippen molar-refractivity contribution in [3.8, 4) is 0 Å². The van der Waals surface area contributed by atoms with E-state index in [0.717, 1.165) is 17.3 Å². The smallest absolute Gasteiger partial charge is 0.178 e. The van der Waals surface area contributed by atoms with E-state index < -0.39 is 0 Å². The molecule has 0 aliphatic heterocycles. The molecule has 0 fully saturated rings. The van der Waals surface area contributed by atoms with Gasteiger partial charge in [0.05, 0.1) is 0 Å². The molecule has 1 atom stereocenters. The molecule has 0 aliphatic carbocycles. The molecule has 0 aromatic carbocycles. The Morgan fingerprint density at radius 3 is 2.67 bits per heavy atom. The summed E-state index contributed by atoms with van der Waals surface area (Å²) < 4.78 is 1.79. The largest absolute Gasteiger partial charge is 0.363 e. The fourth-order valence-corrected chi connectivity index (χ4v) is 1.63. The molecule has 0 saturated carbocycles. The van der Waals surface area contributed by atoms with Crippen molar-refractivity contribution in [3.05, 3.63) is 30.6 Å². The second kappa shape index (κ2) is 4.40. The third-order valence-corrected chi connectivity index (χ3v) is 2.66. The molecule has 0 saturated heterocycles. The molecule has 2 aromatic rings. The van der Waals surface area contributed by atoms with Gasteiger partial charge in [-0.05, 0) is 19.1 Å². The predicted molar refractivity (Wildman–Crippen MR) is 72.8 cm³/mol. The molecule has 2 heterocycles. The molecule has 1 unspecified atom stereocenters. The van der Waals surface area contributed by atoms with Crippen LogP contribution in [0.25, 0.3) is 5.65 Å². The minimum Gasteiger partial charge on any atom is -0.363 e. The van der Waals surface area contributed by atoms with E-state index in [0.29, 0.717) is 0 Å². The molecule has 1 N–H and O–H groups in total. The summed E-state index contributed by atoms with van der Waals surface area (Å²) in [5, 5.41) is 16.1. The van der Waals surface area contributed by atoms with Gasteiger partial charge < -0.3 is 5.32 Å². The Morgan fingerprint density at radius 1 is 1.33 bits per heavy atom. The Labute approximate surface area is 107 Å². The lowest BCUT2D eigenvalue weighted by Gasteiger charge is -2.15. The number of fused-ring (bicyclic) bond motifs is 1. The Hall–Kier alpha value is -1.91. The molecular weight excluding hydrogens is 226 g/mol. The molecule has 2 aromatic heterocycles. The van der Waals surface area contributed by atoms with Crippen molar-refractivity contribution in [2.45, 2.75) is 39.2 Å². The molecule has 18 heavy (non-hydrogen) atoms. The van der Waals surface area contributed by atoms with Gasteiger partial charge in [-0.1, -0.05) is 26.8 Å². The molecule has 0 aliphatic rings. The first-order chi connectivity index (χ1) is 8.41. The maximum Gasteiger partial charge on any atom is 0.178 e. The van der Waals surface area contributed by atoms with Crippen molar-refractivity contribution in [1.29, 1.82) is 0 Å². The monoisotopic (exact) mass is 245 g/mol. The number of hydrogen-bond donors (Lipinski definition) is 1. The minimum atomic E-state index is -0.0882. The van der Waals surface area contributed by atoms with Crippen LogP contribution in [0.15, 0.2) is 24.8 Å². The fourth-order valence-electron chi connectivity index (χ4n) is 1.63. The van der Waals surface area contributed by atoms with Gasteiger partial charge in [0.15, 0.2) is 11.5 Å². The minimum absolute atomic E-state index is 0.0882. The summed E-state index contributed by atoms with van der Waals surface area (Å²) in [6.07, 6.45) is 1.84. The van der Waals surface area contributed by atoms with Crippen LogP contribution in [0.2, 0.25) is 0 Å². The summed E-state index contributed by atoms with van der Waals surface area (Å²) in [5.74, 6) is 1.65. The lowest BCUT2D eigenvalue weighted by molar-refractivity contribution is 0.527. The van der Waals surface area contributed by atoms with Crippen molar-refractivity contribution >= 4 is 11.5 Å². The average molecular weight is 245 g/mol. The third-order valence-electron chi connectivity index (χ3n) is 2.66. The van der Waals surface area contributed by atoms with Crippen LogP contribution in [0.3, 0.4) is 0 Å². The first-order valence-electron chi connectivity index (χ1n) is 6.04. The van der Waals surface area contributed by atoms with Gasteiger partial charge in [-0.3, -0.25) is 0 Å². The van der Waals surface area contributed by atoms with Crippen LogP contribution >= 0.6 is 0 Å². The lowest BCUT2D eigenvalue weighted by atomic mass is 9.96. The van der Waals surface area contributed by atoms with Gasteiger partial charge in [0.1, 0.15) is 5.82 Å². The normalized spacial score (nSPS) is 13.6. The number of rotatable bonds is 3. The van der Waals surface area contributed by atoms with Gasteiger partial charge >= 0.3 is 0 Å².